The van der Waals surface area contributed by atoms with Crippen molar-refractivity contribution in [3.05, 3.63) is 29.7 Å². The molecule has 16 radical (unpaired) electrons. The van der Waals surface area contributed by atoms with Crippen LogP contribution in [-0.2, 0) is 0 Å². The highest BCUT2D eigenvalue weighted by atomic mass is 14.0. The molecule has 0 aromatic rings. The molecule has 1 fully saturated rings. The van der Waals surface area contributed by atoms with Gasteiger partial charge in [0.1, 0.15) is 0 Å². The fraction of sp³-hybridized carbons (Fsp3) is 0.556. The van der Waals surface area contributed by atoms with Crippen LogP contribution in [0.3, 0.4) is 0 Å². The van der Waals surface area contributed by atoms with Gasteiger partial charge < -0.3 is 0 Å². The minimum atomic E-state index is 0. The summed E-state index contributed by atoms with van der Waals surface area (Å²) in [6, 6.07) is 0. The Morgan fingerprint density at radius 3 is 0.556 bits per heavy atom. The van der Waals surface area contributed by atoms with Gasteiger partial charge >= 0.3 is 0 Å². The van der Waals surface area contributed by atoms with Crippen LogP contribution in [0.4, 0.5) is 0 Å². The Hall–Kier alpha value is 0. The molecule has 1 saturated carbocycles. The highest BCUT2D eigenvalue weighted by Crippen LogP contribution is 2.15. The fourth-order valence-corrected chi connectivity index (χ4v) is 0.884. The molecule has 0 aliphatic heterocycles. The third-order valence-electron chi connectivity index (χ3n) is 1.25. The molecule has 0 N–H and O–H groups in total. The third-order valence-corrected chi connectivity index (χ3v) is 1.25. The van der Waals surface area contributed by atoms with Gasteiger partial charge in [0.15, 0.2) is 0 Å². The number of rotatable bonds is 0. The standard InChI is InChI=1S/C5H10.4C/c1-2-4-5-3-1;;;;/h1-5H2;;;;. The topological polar surface area (TPSA) is 0 Å². The van der Waals surface area contributed by atoms with E-state index in [1.165, 1.54) is 32.1 Å². The van der Waals surface area contributed by atoms with Crippen molar-refractivity contribution >= 4 is 0 Å². The van der Waals surface area contributed by atoms with Gasteiger partial charge in [-0.15, -0.1) is 0 Å². The summed E-state index contributed by atoms with van der Waals surface area (Å²) in [6.07, 6.45) is 7.50. The van der Waals surface area contributed by atoms with Crippen LogP contribution in [0.5, 0.6) is 0 Å². The Morgan fingerprint density at radius 1 is 0.333 bits per heavy atom. The summed E-state index contributed by atoms with van der Waals surface area (Å²) < 4.78 is 0. The van der Waals surface area contributed by atoms with Crippen LogP contribution in [0.1, 0.15) is 32.1 Å². The second-order valence-electron chi connectivity index (χ2n) is 1.77. The maximum Gasteiger partial charge on any atom is 0 e. The van der Waals surface area contributed by atoms with E-state index in [2.05, 4.69) is 0 Å². The van der Waals surface area contributed by atoms with Gasteiger partial charge in [0.25, 0.3) is 0 Å². The van der Waals surface area contributed by atoms with E-state index in [4.69, 9.17) is 0 Å². The summed E-state index contributed by atoms with van der Waals surface area (Å²) in [4.78, 5) is 0. The Morgan fingerprint density at radius 2 is 0.444 bits per heavy atom. The summed E-state index contributed by atoms with van der Waals surface area (Å²) in [5.74, 6) is 0. The molecule has 0 aromatic heterocycles. The quantitative estimate of drug-likeness (QED) is 0.457. The molecular formula is C9H10. The lowest BCUT2D eigenvalue weighted by molar-refractivity contribution is 0.886. The largest absolute Gasteiger partial charge is 0.0533 e. The third kappa shape index (κ3) is 11.5. The van der Waals surface area contributed by atoms with E-state index in [9.17, 15) is 0 Å². The molecule has 0 spiro atoms. The zero-order valence-electron chi connectivity index (χ0n) is 5.54. The maximum atomic E-state index is 1.50. The molecule has 1 aliphatic rings. The van der Waals surface area contributed by atoms with E-state index in [0.717, 1.165) is 0 Å². The molecule has 0 heteroatoms. The SMILES string of the molecule is C1CCCC1.[C].[C].[C].[C]. The van der Waals surface area contributed by atoms with Crippen molar-refractivity contribution in [1.29, 1.82) is 0 Å². The van der Waals surface area contributed by atoms with Crippen LogP contribution >= 0.6 is 0 Å². The van der Waals surface area contributed by atoms with Gasteiger partial charge in [0, 0.05) is 29.7 Å². The van der Waals surface area contributed by atoms with Gasteiger partial charge in [-0.05, 0) is 0 Å². The summed E-state index contributed by atoms with van der Waals surface area (Å²) in [6.45, 7) is 0. The van der Waals surface area contributed by atoms with E-state index in [0.29, 0.717) is 0 Å². The van der Waals surface area contributed by atoms with Gasteiger partial charge in [-0.2, -0.15) is 0 Å². The van der Waals surface area contributed by atoms with Crippen molar-refractivity contribution in [2.45, 2.75) is 32.1 Å². The highest BCUT2D eigenvalue weighted by Gasteiger charge is 1.95. The molecule has 46 valence electrons. The molecule has 9 heavy (non-hydrogen) atoms. The van der Waals surface area contributed by atoms with Crippen molar-refractivity contribution in [3.8, 4) is 0 Å². The zero-order valence-corrected chi connectivity index (χ0v) is 5.54. The van der Waals surface area contributed by atoms with Crippen LogP contribution in [-0.4, -0.2) is 0 Å². The molecule has 0 bridgehead atoms. The first kappa shape index (κ1) is 23.0. The maximum absolute atomic E-state index is 1.50. The lowest BCUT2D eigenvalue weighted by atomic mass is 10.4. The molecule has 0 aromatic carbocycles. The van der Waals surface area contributed by atoms with Crippen molar-refractivity contribution in [3.63, 3.8) is 0 Å². The first-order valence-corrected chi connectivity index (χ1v) is 2.50. The van der Waals surface area contributed by atoms with Gasteiger partial charge in [-0.3, -0.25) is 0 Å². The Balaban J connectivity index is -0.0000000312. The lowest BCUT2D eigenvalue weighted by Crippen LogP contribution is -1.47. The Bertz CT molecular complexity index is 11.6. The minimum absolute atomic E-state index is 0. The molecule has 0 unspecified atom stereocenters. The van der Waals surface area contributed by atoms with Crippen LogP contribution in [0.15, 0.2) is 0 Å². The molecular weight excluding hydrogens is 108 g/mol. The summed E-state index contributed by atoms with van der Waals surface area (Å²) in [7, 11) is 0. The highest BCUT2D eigenvalue weighted by molar-refractivity contribution is 4.51. The average Bonchev–Trinajstić information content (AvgIpc) is 1.76. The molecule has 0 saturated heterocycles. The van der Waals surface area contributed by atoms with Gasteiger partial charge in [0.2, 0.25) is 0 Å². The predicted octanol–water partition coefficient (Wildman–Crippen LogP) is 2.28. The van der Waals surface area contributed by atoms with E-state index in [1.54, 1.807) is 0 Å². The molecule has 1 aliphatic carbocycles. The smallest absolute Gasteiger partial charge is 0 e. The summed E-state index contributed by atoms with van der Waals surface area (Å²) in [5.41, 5.74) is 0. The van der Waals surface area contributed by atoms with E-state index in [-0.39, 0.29) is 29.7 Å². The monoisotopic (exact) mass is 118 g/mol. The van der Waals surface area contributed by atoms with Crippen molar-refractivity contribution in [2.24, 2.45) is 0 Å². The Kier molecular flexibility index (Phi) is 40.1. The number of hydrogen-bond acceptors (Lipinski definition) is 0. The molecule has 0 nitrogen and oxygen atoms in total. The second kappa shape index (κ2) is 15.7. The van der Waals surface area contributed by atoms with Crippen LogP contribution in [0.25, 0.3) is 0 Å². The lowest BCUT2D eigenvalue weighted by Gasteiger charge is -1.67. The van der Waals surface area contributed by atoms with E-state index in [1.807, 2.05) is 0 Å². The minimum Gasteiger partial charge on any atom is -0.0533 e. The number of hydrogen-bond donors (Lipinski definition) is 0. The normalized spacial score (nSPS) is 13.3. The van der Waals surface area contributed by atoms with Crippen LogP contribution < -0.4 is 0 Å². The van der Waals surface area contributed by atoms with E-state index < -0.39 is 0 Å². The molecule has 1 rings (SSSR count). The predicted molar refractivity (Wildman–Crippen MR) is 36.1 cm³/mol. The second-order valence-corrected chi connectivity index (χ2v) is 1.77. The van der Waals surface area contributed by atoms with Crippen molar-refractivity contribution in [1.82, 2.24) is 0 Å². The van der Waals surface area contributed by atoms with E-state index >= 15 is 0 Å². The zero-order chi connectivity index (χ0) is 3.54. The van der Waals surface area contributed by atoms with Crippen molar-refractivity contribution in [2.75, 3.05) is 0 Å². The van der Waals surface area contributed by atoms with Gasteiger partial charge in [-0.1, -0.05) is 32.1 Å². The molecule has 0 atom stereocenters. The summed E-state index contributed by atoms with van der Waals surface area (Å²) >= 11 is 0. The van der Waals surface area contributed by atoms with Crippen molar-refractivity contribution < 1.29 is 0 Å². The molecule has 0 heterocycles. The summed E-state index contributed by atoms with van der Waals surface area (Å²) in [5, 5.41) is 0. The van der Waals surface area contributed by atoms with Crippen LogP contribution in [0.2, 0.25) is 0 Å². The Labute approximate surface area is 62.7 Å². The van der Waals surface area contributed by atoms with Gasteiger partial charge in [0.05, 0.1) is 0 Å². The average molecular weight is 118 g/mol. The fourth-order valence-electron chi connectivity index (χ4n) is 0.884. The van der Waals surface area contributed by atoms with Crippen LogP contribution in [0, 0.1) is 29.7 Å². The first-order valence-electron chi connectivity index (χ1n) is 2.50. The van der Waals surface area contributed by atoms with Gasteiger partial charge in [-0.25, -0.2) is 0 Å². The molecule has 0 amide bonds. The first-order chi connectivity index (χ1) is 2.50.